The van der Waals surface area contributed by atoms with E-state index in [0.29, 0.717) is 17.0 Å². The molecule has 0 saturated carbocycles. The van der Waals surface area contributed by atoms with E-state index in [1.165, 1.54) is 13.3 Å². The van der Waals surface area contributed by atoms with Crippen molar-refractivity contribution in [1.82, 2.24) is 15.7 Å². The molecular weight excluding hydrogens is 296 g/mol. The van der Waals surface area contributed by atoms with Crippen LogP contribution in [0.3, 0.4) is 0 Å². The summed E-state index contributed by atoms with van der Waals surface area (Å²) in [5.74, 6) is -0.398. The summed E-state index contributed by atoms with van der Waals surface area (Å²) in [6.07, 6.45) is 3.04. The van der Waals surface area contributed by atoms with Crippen molar-refractivity contribution in [3.05, 3.63) is 59.9 Å². The topological polar surface area (TPSA) is 92.7 Å². The van der Waals surface area contributed by atoms with E-state index < -0.39 is 11.8 Å². The number of rotatable bonds is 6. The highest BCUT2D eigenvalue weighted by Gasteiger charge is 2.12. The Bertz CT molecular complexity index is 701. The number of amides is 2. The number of ether oxygens (including phenoxy) is 1. The van der Waals surface area contributed by atoms with Gasteiger partial charge in [-0.3, -0.25) is 14.6 Å². The Balaban J connectivity index is 1.82. The molecule has 2 aromatic rings. The zero-order valence-electron chi connectivity index (χ0n) is 12.5. The molecule has 1 heterocycles. The summed E-state index contributed by atoms with van der Waals surface area (Å²) in [4.78, 5) is 27.7. The monoisotopic (exact) mass is 312 g/mol. The molecule has 0 bridgehead atoms. The Morgan fingerprint density at radius 1 is 1.22 bits per heavy atom. The molecule has 23 heavy (non-hydrogen) atoms. The standard InChI is InChI=1S/C16H16N4O3/c1-23-14-8-3-2-7-13(14)16(22)18-11-15(21)20-19-10-12-6-4-5-9-17-12/h2-10H,11H2,1H3,(H,18,22)(H,20,21)/b19-10-. The predicted molar refractivity (Wildman–Crippen MR) is 85.3 cm³/mol. The van der Waals surface area contributed by atoms with Gasteiger partial charge in [0.2, 0.25) is 0 Å². The van der Waals surface area contributed by atoms with Gasteiger partial charge in [-0.15, -0.1) is 0 Å². The molecule has 2 rings (SSSR count). The number of hydrazone groups is 1. The van der Waals surface area contributed by atoms with Crippen molar-refractivity contribution < 1.29 is 14.3 Å². The quantitative estimate of drug-likeness (QED) is 0.614. The average Bonchev–Trinajstić information content (AvgIpc) is 2.60. The van der Waals surface area contributed by atoms with Gasteiger partial charge in [0.15, 0.2) is 0 Å². The Morgan fingerprint density at radius 3 is 2.74 bits per heavy atom. The third kappa shape index (κ3) is 4.92. The van der Waals surface area contributed by atoms with Gasteiger partial charge < -0.3 is 10.1 Å². The van der Waals surface area contributed by atoms with Crippen LogP contribution in [0.4, 0.5) is 0 Å². The van der Waals surface area contributed by atoms with Crippen LogP contribution in [-0.4, -0.2) is 36.7 Å². The largest absolute Gasteiger partial charge is 0.496 e. The minimum Gasteiger partial charge on any atom is -0.496 e. The van der Waals surface area contributed by atoms with Gasteiger partial charge in [0.25, 0.3) is 11.8 Å². The van der Waals surface area contributed by atoms with Crippen LogP contribution in [0.15, 0.2) is 53.8 Å². The molecule has 0 aliphatic rings. The predicted octanol–water partition coefficient (Wildman–Crippen LogP) is 0.970. The molecule has 0 saturated heterocycles. The van der Waals surface area contributed by atoms with Crippen molar-refractivity contribution in [1.29, 1.82) is 0 Å². The Kier molecular flexibility index (Phi) is 5.81. The van der Waals surface area contributed by atoms with Crippen molar-refractivity contribution >= 4 is 18.0 Å². The second-order valence-corrected chi connectivity index (χ2v) is 4.43. The van der Waals surface area contributed by atoms with Crippen LogP contribution >= 0.6 is 0 Å². The molecule has 0 aliphatic carbocycles. The molecule has 7 nitrogen and oxygen atoms in total. The number of aromatic nitrogens is 1. The number of benzene rings is 1. The van der Waals surface area contributed by atoms with Crippen LogP contribution in [0.2, 0.25) is 0 Å². The summed E-state index contributed by atoms with van der Waals surface area (Å²) in [7, 11) is 1.48. The van der Waals surface area contributed by atoms with Crippen LogP contribution in [0.1, 0.15) is 16.1 Å². The lowest BCUT2D eigenvalue weighted by atomic mass is 10.2. The first kappa shape index (κ1) is 16.2. The number of pyridine rings is 1. The Hall–Kier alpha value is -3.22. The molecule has 1 aromatic carbocycles. The third-order valence-corrected chi connectivity index (χ3v) is 2.83. The first-order valence-corrected chi connectivity index (χ1v) is 6.85. The van der Waals surface area contributed by atoms with Crippen LogP contribution in [-0.2, 0) is 4.79 Å². The first-order chi connectivity index (χ1) is 11.2. The minimum atomic E-state index is -0.444. The van der Waals surface area contributed by atoms with Crippen molar-refractivity contribution in [3.8, 4) is 5.75 Å². The van der Waals surface area contributed by atoms with E-state index in [1.807, 2.05) is 6.07 Å². The molecule has 118 valence electrons. The maximum Gasteiger partial charge on any atom is 0.259 e. The zero-order valence-corrected chi connectivity index (χ0v) is 12.5. The van der Waals surface area contributed by atoms with Gasteiger partial charge >= 0.3 is 0 Å². The van der Waals surface area contributed by atoms with Crippen molar-refractivity contribution in [2.45, 2.75) is 0 Å². The maximum absolute atomic E-state index is 12.0. The van der Waals surface area contributed by atoms with Gasteiger partial charge in [-0.05, 0) is 24.3 Å². The number of hydrogen-bond donors (Lipinski definition) is 2. The summed E-state index contributed by atoms with van der Waals surface area (Å²) < 4.78 is 5.10. The first-order valence-electron chi connectivity index (χ1n) is 6.85. The fourth-order valence-corrected chi connectivity index (χ4v) is 1.75. The highest BCUT2D eigenvalue weighted by Crippen LogP contribution is 2.16. The number of carbonyl (C=O) groups excluding carboxylic acids is 2. The van der Waals surface area contributed by atoms with Crippen LogP contribution in [0.25, 0.3) is 0 Å². The van der Waals surface area contributed by atoms with Crippen LogP contribution in [0.5, 0.6) is 5.75 Å². The third-order valence-electron chi connectivity index (χ3n) is 2.83. The van der Waals surface area contributed by atoms with Crippen molar-refractivity contribution in [3.63, 3.8) is 0 Å². The van der Waals surface area contributed by atoms with Gasteiger partial charge in [-0.2, -0.15) is 5.10 Å². The molecule has 2 N–H and O–H groups in total. The van der Waals surface area contributed by atoms with E-state index in [2.05, 4.69) is 20.8 Å². The van der Waals surface area contributed by atoms with Crippen LogP contribution < -0.4 is 15.5 Å². The lowest BCUT2D eigenvalue weighted by Gasteiger charge is -2.08. The molecule has 0 radical (unpaired) electrons. The lowest BCUT2D eigenvalue weighted by Crippen LogP contribution is -2.35. The maximum atomic E-state index is 12.0. The lowest BCUT2D eigenvalue weighted by molar-refractivity contribution is -0.120. The molecule has 0 atom stereocenters. The summed E-state index contributed by atoms with van der Waals surface area (Å²) >= 11 is 0. The number of para-hydroxylation sites is 1. The number of carbonyl (C=O) groups is 2. The fraction of sp³-hybridized carbons (Fsp3) is 0.125. The minimum absolute atomic E-state index is 0.198. The summed E-state index contributed by atoms with van der Waals surface area (Å²) in [6, 6.07) is 12.1. The summed E-state index contributed by atoms with van der Waals surface area (Å²) in [6.45, 7) is -0.198. The van der Waals surface area contributed by atoms with E-state index in [4.69, 9.17) is 4.74 Å². The number of methoxy groups -OCH3 is 1. The molecule has 0 spiro atoms. The molecule has 0 unspecified atom stereocenters. The highest BCUT2D eigenvalue weighted by atomic mass is 16.5. The normalized spacial score (nSPS) is 10.3. The fourth-order valence-electron chi connectivity index (χ4n) is 1.75. The summed E-state index contributed by atoms with van der Waals surface area (Å²) in [5, 5.41) is 6.26. The molecule has 0 aliphatic heterocycles. The molecule has 2 amide bonds. The number of nitrogens with zero attached hydrogens (tertiary/aromatic N) is 2. The van der Waals surface area contributed by atoms with Crippen molar-refractivity contribution in [2.24, 2.45) is 5.10 Å². The Labute approximate surface area is 133 Å². The van der Waals surface area contributed by atoms with Crippen molar-refractivity contribution in [2.75, 3.05) is 13.7 Å². The molecular formula is C16H16N4O3. The molecule has 1 aromatic heterocycles. The van der Waals surface area contributed by atoms with Gasteiger partial charge in [-0.25, -0.2) is 5.43 Å². The second kappa shape index (κ2) is 8.28. The van der Waals surface area contributed by atoms with E-state index in [9.17, 15) is 9.59 Å². The smallest absolute Gasteiger partial charge is 0.259 e. The second-order valence-electron chi connectivity index (χ2n) is 4.43. The Morgan fingerprint density at radius 2 is 2.00 bits per heavy atom. The average molecular weight is 312 g/mol. The SMILES string of the molecule is COc1ccccc1C(=O)NCC(=O)N/N=C\c1ccccn1. The number of hydrogen-bond acceptors (Lipinski definition) is 5. The molecule has 7 heteroatoms. The van der Waals surface area contributed by atoms with E-state index >= 15 is 0 Å². The van der Waals surface area contributed by atoms with Gasteiger partial charge in [0.05, 0.1) is 31.1 Å². The zero-order chi connectivity index (χ0) is 16.5. The van der Waals surface area contributed by atoms with Gasteiger partial charge in [0.1, 0.15) is 5.75 Å². The molecule has 0 fully saturated rings. The number of nitrogens with one attached hydrogen (secondary N) is 2. The van der Waals surface area contributed by atoms with Gasteiger partial charge in [-0.1, -0.05) is 18.2 Å². The highest BCUT2D eigenvalue weighted by molar-refractivity contribution is 5.98. The van der Waals surface area contributed by atoms with E-state index in [0.717, 1.165) is 0 Å². The van der Waals surface area contributed by atoms with E-state index in [1.54, 1.807) is 42.6 Å². The van der Waals surface area contributed by atoms with E-state index in [-0.39, 0.29) is 6.54 Å². The summed E-state index contributed by atoms with van der Waals surface area (Å²) in [5.41, 5.74) is 3.29. The van der Waals surface area contributed by atoms with Gasteiger partial charge in [0, 0.05) is 6.20 Å². The van der Waals surface area contributed by atoms with Crippen LogP contribution in [0, 0.1) is 0 Å².